The zero-order valence-electron chi connectivity index (χ0n) is 9.55. The van der Waals surface area contributed by atoms with Crippen molar-refractivity contribution < 1.29 is 24.6 Å². The monoisotopic (exact) mass is 244 g/mol. The highest BCUT2D eigenvalue weighted by Crippen LogP contribution is 2.26. The molecule has 1 unspecified atom stereocenters. The van der Waals surface area contributed by atoms with Gasteiger partial charge < -0.3 is 20.4 Å². The quantitative estimate of drug-likeness (QED) is 0.614. The van der Waals surface area contributed by atoms with Crippen LogP contribution in [-0.2, 0) is 9.59 Å². The third-order valence-electron chi connectivity index (χ3n) is 2.56. The zero-order valence-corrected chi connectivity index (χ0v) is 9.55. The van der Waals surface area contributed by atoms with Gasteiger partial charge in [0.05, 0.1) is 6.42 Å². The molecule has 17 heavy (non-hydrogen) atoms. The van der Waals surface area contributed by atoms with Crippen molar-refractivity contribution in [2.75, 3.05) is 6.54 Å². The highest BCUT2D eigenvalue weighted by molar-refractivity contribution is 5.86. The lowest BCUT2D eigenvalue weighted by atomic mass is 10.2. The molecule has 0 aromatic carbocycles. The van der Waals surface area contributed by atoms with Crippen LogP contribution >= 0.6 is 0 Å². The number of carbonyl (C=O) groups excluding carboxylic acids is 1. The molecule has 1 aliphatic rings. The second-order valence-corrected chi connectivity index (χ2v) is 3.96. The molecule has 2 amide bonds. The molecular weight excluding hydrogens is 228 g/mol. The molecule has 0 bridgehead atoms. The number of carboxylic acids is 2. The van der Waals surface area contributed by atoms with Crippen molar-refractivity contribution in [3.8, 4) is 0 Å². The molecule has 0 radical (unpaired) electrons. The molecule has 0 spiro atoms. The van der Waals surface area contributed by atoms with Crippen LogP contribution in [0.15, 0.2) is 0 Å². The minimum Gasteiger partial charge on any atom is -0.481 e. The first-order valence-corrected chi connectivity index (χ1v) is 5.47. The summed E-state index contributed by atoms with van der Waals surface area (Å²) in [6.07, 6.45) is 1.21. The summed E-state index contributed by atoms with van der Waals surface area (Å²) in [7, 11) is 0. The Morgan fingerprint density at radius 2 is 1.94 bits per heavy atom. The average molecular weight is 244 g/mol. The van der Waals surface area contributed by atoms with Gasteiger partial charge in [0, 0.05) is 12.6 Å². The molecule has 0 saturated heterocycles. The smallest absolute Gasteiger partial charge is 0.326 e. The van der Waals surface area contributed by atoms with Crippen LogP contribution in [0.3, 0.4) is 0 Å². The van der Waals surface area contributed by atoms with E-state index < -0.39 is 30.4 Å². The lowest BCUT2D eigenvalue weighted by Gasteiger charge is -2.23. The fraction of sp³-hybridized carbons (Fsp3) is 0.700. The van der Waals surface area contributed by atoms with E-state index in [0.29, 0.717) is 6.54 Å². The van der Waals surface area contributed by atoms with Crippen LogP contribution in [0.25, 0.3) is 0 Å². The van der Waals surface area contributed by atoms with Crippen molar-refractivity contribution in [1.82, 2.24) is 10.2 Å². The molecule has 0 heterocycles. The third kappa shape index (κ3) is 3.93. The number of hydrogen-bond acceptors (Lipinski definition) is 3. The molecule has 1 rings (SSSR count). The van der Waals surface area contributed by atoms with Gasteiger partial charge in [-0.25, -0.2) is 9.59 Å². The van der Waals surface area contributed by atoms with E-state index in [1.807, 2.05) is 0 Å². The molecular formula is C10H16N2O5. The zero-order chi connectivity index (χ0) is 13.0. The Morgan fingerprint density at radius 3 is 2.29 bits per heavy atom. The van der Waals surface area contributed by atoms with Crippen LogP contribution in [0, 0.1) is 0 Å². The Morgan fingerprint density at radius 1 is 1.35 bits per heavy atom. The second-order valence-electron chi connectivity index (χ2n) is 3.96. The van der Waals surface area contributed by atoms with E-state index >= 15 is 0 Å². The summed E-state index contributed by atoms with van der Waals surface area (Å²) in [6, 6.07) is -1.73. The molecule has 96 valence electrons. The van der Waals surface area contributed by atoms with Gasteiger partial charge in [-0.3, -0.25) is 4.79 Å². The summed E-state index contributed by atoms with van der Waals surface area (Å²) < 4.78 is 0. The number of nitrogens with zero attached hydrogens (tertiary/aromatic N) is 1. The van der Waals surface area contributed by atoms with Gasteiger partial charge in [0.25, 0.3) is 0 Å². The Balaban J connectivity index is 2.55. The number of carboxylic acid groups (broad SMARTS) is 2. The SMILES string of the molecule is CCN(C(=O)NC(CC(=O)O)C(=O)O)C1CC1. The molecule has 0 aliphatic heterocycles. The van der Waals surface area contributed by atoms with E-state index in [2.05, 4.69) is 5.32 Å². The Labute approximate surface area is 98.4 Å². The minimum atomic E-state index is -1.38. The minimum absolute atomic E-state index is 0.166. The Bertz CT molecular complexity index is 327. The number of carbonyl (C=O) groups is 3. The molecule has 0 aromatic heterocycles. The van der Waals surface area contributed by atoms with Crippen LogP contribution in [0.2, 0.25) is 0 Å². The maximum Gasteiger partial charge on any atom is 0.326 e. The fourth-order valence-electron chi connectivity index (χ4n) is 1.56. The van der Waals surface area contributed by atoms with E-state index in [9.17, 15) is 14.4 Å². The summed E-state index contributed by atoms with van der Waals surface area (Å²) in [4.78, 5) is 34.5. The normalized spacial score (nSPS) is 16.1. The van der Waals surface area contributed by atoms with E-state index in [1.54, 1.807) is 6.92 Å². The first kappa shape index (κ1) is 13.3. The Kier molecular flexibility index (Phi) is 4.30. The topological polar surface area (TPSA) is 107 Å². The van der Waals surface area contributed by atoms with Gasteiger partial charge in [0.2, 0.25) is 0 Å². The highest BCUT2D eigenvalue weighted by atomic mass is 16.4. The number of urea groups is 1. The first-order valence-electron chi connectivity index (χ1n) is 5.47. The maximum absolute atomic E-state index is 11.7. The molecule has 1 aliphatic carbocycles. The first-order chi connectivity index (χ1) is 7.95. The van der Waals surface area contributed by atoms with Crippen molar-refractivity contribution in [1.29, 1.82) is 0 Å². The number of amides is 2. The fourth-order valence-corrected chi connectivity index (χ4v) is 1.56. The lowest BCUT2D eigenvalue weighted by molar-refractivity contribution is -0.145. The van der Waals surface area contributed by atoms with Gasteiger partial charge >= 0.3 is 18.0 Å². The van der Waals surface area contributed by atoms with Crippen LogP contribution < -0.4 is 5.32 Å². The summed E-state index contributed by atoms with van der Waals surface area (Å²) >= 11 is 0. The predicted octanol–water partition coefficient (Wildman–Crippen LogP) is 0.108. The van der Waals surface area contributed by atoms with E-state index in [-0.39, 0.29) is 6.04 Å². The summed E-state index contributed by atoms with van der Waals surface area (Å²) in [6.45, 7) is 2.28. The van der Waals surface area contributed by atoms with Gasteiger partial charge in [0.15, 0.2) is 0 Å². The van der Waals surface area contributed by atoms with Gasteiger partial charge in [-0.1, -0.05) is 0 Å². The van der Waals surface area contributed by atoms with Crippen molar-refractivity contribution >= 4 is 18.0 Å². The van der Waals surface area contributed by atoms with Crippen LogP contribution in [0.5, 0.6) is 0 Å². The number of aliphatic carboxylic acids is 2. The molecule has 3 N–H and O–H groups in total. The van der Waals surface area contributed by atoms with Gasteiger partial charge in [-0.15, -0.1) is 0 Å². The molecule has 1 atom stereocenters. The molecule has 0 aromatic rings. The lowest BCUT2D eigenvalue weighted by Crippen LogP contribution is -2.49. The Hall–Kier alpha value is -1.79. The van der Waals surface area contributed by atoms with Gasteiger partial charge in [-0.05, 0) is 19.8 Å². The maximum atomic E-state index is 11.7. The number of nitrogens with one attached hydrogen (secondary N) is 1. The second kappa shape index (κ2) is 5.51. The molecule has 1 saturated carbocycles. The van der Waals surface area contributed by atoms with Crippen LogP contribution in [0.4, 0.5) is 4.79 Å². The van der Waals surface area contributed by atoms with Crippen LogP contribution in [-0.4, -0.2) is 51.7 Å². The van der Waals surface area contributed by atoms with Gasteiger partial charge in [0.1, 0.15) is 6.04 Å². The summed E-state index contributed by atoms with van der Waals surface area (Å²) in [5, 5.41) is 19.5. The summed E-state index contributed by atoms with van der Waals surface area (Å²) in [5.41, 5.74) is 0. The highest BCUT2D eigenvalue weighted by Gasteiger charge is 2.33. The van der Waals surface area contributed by atoms with Crippen molar-refractivity contribution in [3.63, 3.8) is 0 Å². The largest absolute Gasteiger partial charge is 0.481 e. The number of hydrogen-bond donors (Lipinski definition) is 3. The van der Waals surface area contributed by atoms with E-state index in [0.717, 1.165) is 12.8 Å². The molecule has 7 nitrogen and oxygen atoms in total. The van der Waals surface area contributed by atoms with Crippen molar-refractivity contribution in [2.45, 2.75) is 38.3 Å². The molecule has 1 fully saturated rings. The van der Waals surface area contributed by atoms with Crippen LogP contribution in [0.1, 0.15) is 26.2 Å². The predicted molar refractivity (Wildman–Crippen MR) is 57.6 cm³/mol. The van der Waals surface area contributed by atoms with Crippen molar-refractivity contribution in [2.24, 2.45) is 0 Å². The van der Waals surface area contributed by atoms with Gasteiger partial charge in [-0.2, -0.15) is 0 Å². The van der Waals surface area contributed by atoms with E-state index in [4.69, 9.17) is 10.2 Å². The molecule has 7 heteroatoms. The number of rotatable bonds is 6. The third-order valence-corrected chi connectivity index (χ3v) is 2.56. The summed E-state index contributed by atoms with van der Waals surface area (Å²) in [5.74, 6) is -2.60. The van der Waals surface area contributed by atoms with E-state index in [1.165, 1.54) is 4.90 Å². The average Bonchev–Trinajstić information content (AvgIpc) is 3.01. The standard InChI is InChI=1S/C10H16N2O5/c1-2-12(6-3-4-6)10(17)11-7(9(15)16)5-8(13)14/h6-7H,2-5H2,1H3,(H,11,17)(H,13,14)(H,15,16). The van der Waals surface area contributed by atoms with Crippen molar-refractivity contribution in [3.05, 3.63) is 0 Å².